The lowest BCUT2D eigenvalue weighted by molar-refractivity contribution is -0.138. The fraction of sp³-hybridized carbons (Fsp3) is 0.440. The quantitative estimate of drug-likeness (QED) is 0.681. The molecular weight excluding hydrogens is 330 g/mol. The van der Waals surface area contributed by atoms with Crippen LogP contribution in [0.5, 0.6) is 0 Å². The van der Waals surface area contributed by atoms with Crippen LogP contribution in [0.4, 0.5) is 0 Å². The Labute approximate surface area is 161 Å². The minimum absolute atomic E-state index is 0.0813. The Morgan fingerprint density at radius 1 is 0.926 bits per heavy atom. The van der Waals surface area contributed by atoms with E-state index in [-0.39, 0.29) is 5.72 Å². The topological polar surface area (TPSA) is 12.5 Å². The highest BCUT2D eigenvalue weighted by atomic mass is 16.5. The summed E-state index contributed by atoms with van der Waals surface area (Å²) in [5, 5.41) is 0. The molecule has 2 heteroatoms. The van der Waals surface area contributed by atoms with Gasteiger partial charge in [0.1, 0.15) is 5.72 Å². The summed E-state index contributed by atoms with van der Waals surface area (Å²) in [5.74, 6) is 1.09. The van der Waals surface area contributed by atoms with Gasteiger partial charge in [-0.05, 0) is 48.8 Å². The molecule has 138 valence electrons. The van der Waals surface area contributed by atoms with Gasteiger partial charge in [0.15, 0.2) is 0 Å². The predicted octanol–water partition coefficient (Wildman–Crippen LogP) is 5.36. The lowest BCUT2D eigenvalue weighted by Crippen LogP contribution is -2.57. The molecule has 0 radical (unpaired) electrons. The average molecular weight is 357 g/mol. The molecule has 1 spiro atoms. The highest BCUT2D eigenvalue weighted by Gasteiger charge is 2.57. The largest absolute Gasteiger partial charge is 0.353 e. The van der Waals surface area contributed by atoms with Crippen molar-refractivity contribution in [2.75, 3.05) is 13.2 Å². The number of rotatable bonds is 1. The third-order valence-electron chi connectivity index (χ3n) is 7.45. The smallest absolute Gasteiger partial charge is 0.145 e. The molecule has 2 nitrogen and oxygen atoms in total. The van der Waals surface area contributed by atoms with Crippen molar-refractivity contribution in [1.82, 2.24) is 4.90 Å². The third kappa shape index (κ3) is 2.17. The van der Waals surface area contributed by atoms with Gasteiger partial charge in [0.2, 0.25) is 0 Å². The Hall–Kier alpha value is -2.06. The Morgan fingerprint density at radius 3 is 2.70 bits per heavy atom. The number of nitrogens with zero attached hydrogens (tertiary/aromatic N) is 1. The van der Waals surface area contributed by atoms with E-state index in [1.807, 2.05) is 0 Å². The van der Waals surface area contributed by atoms with Gasteiger partial charge in [-0.1, -0.05) is 61.0 Å². The minimum atomic E-state index is -0.0813. The van der Waals surface area contributed by atoms with E-state index in [1.54, 1.807) is 5.57 Å². The lowest BCUT2D eigenvalue weighted by atomic mass is 9.63. The standard InChI is InChI=1S/C25H27NO/c1-2-9-19(10-3-1)23-21-14-13-18-8-4-5-11-20(18)24(21)26-16-17-27-25(26)15-7-6-12-22(23)25/h1-5,8-11,22-23H,6-7,12-17H2. The molecule has 3 unspecified atom stereocenters. The van der Waals surface area contributed by atoms with Crippen molar-refractivity contribution in [3.63, 3.8) is 0 Å². The summed E-state index contributed by atoms with van der Waals surface area (Å²) in [5.41, 5.74) is 7.58. The van der Waals surface area contributed by atoms with Crippen LogP contribution in [0.25, 0.3) is 5.70 Å². The zero-order valence-electron chi connectivity index (χ0n) is 15.9. The number of benzene rings is 2. The molecule has 2 heterocycles. The highest BCUT2D eigenvalue weighted by Crippen LogP contribution is 2.59. The second kappa shape index (κ2) is 5.97. The normalized spacial score (nSPS) is 31.8. The SMILES string of the molecule is c1ccc(C2C3=C(c4ccccc4CC3)N3CCOC34CCCCC24)cc1. The molecule has 2 aliphatic carbocycles. The fourth-order valence-electron chi connectivity index (χ4n) is 6.47. The van der Waals surface area contributed by atoms with Gasteiger partial charge in [-0.2, -0.15) is 0 Å². The van der Waals surface area contributed by atoms with Gasteiger partial charge in [-0.25, -0.2) is 0 Å². The van der Waals surface area contributed by atoms with E-state index in [4.69, 9.17) is 4.74 Å². The van der Waals surface area contributed by atoms with Crippen molar-refractivity contribution in [3.05, 3.63) is 76.9 Å². The number of allylic oxidation sites excluding steroid dienone is 1. The van der Waals surface area contributed by atoms with Crippen LogP contribution in [-0.2, 0) is 11.2 Å². The zero-order valence-corrected chi connectivity index (χ0v) is 15.9. The predicted molar refractivity (Wildman–Crippen MR) is 108 cm³/mol. The molecular formula is C25H27NO. The number of fused-ring (bicyclic) bond motifs is 3. The van der Waals surface area contributed by atoms with Gasteiger partial charge < -0.3 is 9.64 Å². The summed E-state index contributed by atoms with van der Waals surface area (Å²) in [7, 11) is 0. The molecule has 6 rings (SSSR count). The number of aryl methyl sites for hydroxylation is 1. The number of ether oxygens (including phenoxy) is 1. The molecule has 27 heavy (non-hydrogen) atoms. The molecule has 2 aromatic carbocycles. The molecule has 0 bridgehead atoms. The van der Waals surface area contributed by atoms with Crippen LogP contribution in [0.2, 0.25) is 0 Å². The summed E-state index contributed by atoms with van der Waals surface area (Å²) in [6.07, 6.45) is 7.46. The van der Waals surface area contributed by atoms with Crippen LogP contribution in [-0.4, -0.2) is 23.8 Å². The van der Waals surface area contributed by atoms with Crippen LogP contribution in [0.3, 0.4) is 0 Å². The summed E-state index contributed by atoms with van der Waals surface area (Å²) < 4.78 is 6.66. The second-order valence-electron chi connectivity index (χ2n) is 8.62. The Morgan fingerprint density at radius 2 is 1.78 bits per heavy atom. The monoisotopic (exact) mass is 357 g/mol. The summed E-state index contributed by atoms with van der Waals surface area (Å²) >= 11 is 0. The zero-order chi connectivity index (χ0) is 17.8. The molecule has 4 aliphatic rings. The maximum atomic E-state index is 6.66. The van der Waals surface area contributed by atoms with Crippen molar-refractivity contribution < 1.29 is 4.74 Å². The van der Waals surface area contributed by atoms with Gasteiger partial charge >= 0.3 is 0 Å². The van der Waals surface area contributed by atoms with Crippen molar-refractivity contribution in [1.29, 1.82) is 0 Å². The van der Waals surface area contributed by atoms with Crippen LogP contribution < -0.4 is 0 Å². The first-order chi connectivity index (χ1) is 13.4. The van der Waals surface area contributed by atoms with E-state index < -0.39 is 0 Å². The Kier molecular flexibility index (Phi) is 3.53. The molecule has 2 aromatic rings. The molecule has 2 fully saturated rings. The number of hydrogen-bond donors (Lipinski definition) is 0. The Bertz CT molecular complexity index is 902. The van der Waals surface area contributed by atoms with Crippen LogP contribution in [0, 0.1) is 5.92 Å². The fourth-order valence-corrected chi connectivity index (χ4v) is 6.47. The summed E-state index contributed by atoms with van der Waals surface area (Å²) in [6.45, 7) is 1.92. The maximum absolute atomic E-state index is 6.66. The summed E-state index contributed by atoms with van der Waals surface area (Å²) in [4.78, 5) is 2.70. The first-order valence-corrected chi connectivity index (χ1v) is 10.7. The van der Waals surface area contributed by atoms with Gasteiger partial charge in [0.05, 0.1) is 6.61 Å². The molecule has 1 saturated carbocycles. The van der Waals surface area contributed by atoms with Crippen LogP contribution in [0.1, 0.15) is 54.7 Å². The van der Waals surface area contributed by atoms with Gasteiger partial charge in [0.25, 0.3) is 0 Å². The van der Waals surface area contributed by atoms with Gasteiger partial charge in [-0.3, -0.25) is 0 Å². The van der Waals surface area contributed by atoms with E-state index in [2.05, 4.69) is 59.5 Å². The minimum Gasteiger partial charge on any atom is -0.353 e. The highest BCUT2D eigenvalue weighted by molar-refractivity contribution is 5.75. The average Bonchev–Trinajstić information content (AvgIpc) is 3.15. The van der Waals surface area contributed by atoms with E-state index >= 15 is 0 Å². The first-order valence-electron chi connectivity index (χ1n) is 10.7. The molecule has 3 atom stereocenters. The first kappa shape index (κ1) is 15.9. The van der Waals surface area contributed by atoms with Crippen molar-refractivity contribution in [2.24, 2.45) is 5.92 Å². The van der Waals surface area contributed by atoms with Crippen LogP contribution in [0.15, 0.2) is 60.2 Å². The van der Waals surface area contributed by atoms with Crippen molar-refractivity contribution in [3.8, 4) is 0 Å². The van der Waals surface area contributed by atoms with E-state index in [1.165, 1.54) is 60.9 Å². The van der Waals surface area contributed by atoms with Crippen molar-refractivity contribution in [2.45, 2.75) is 50.2 Å². The van der Waals surface area contributed by atoms with E-state index in [0.717, 1.165) is 13.2 Å². The number of hydrogen-bond acceptors (Lipinski definition) is 2. The molecule has 0 amide bonds. The van der Waals surface area contributed by atoms with E-state index in [0.29, 0.717) is 11.8 Å². The van der Waals surface area contributed by atoms with E-state index in [9.17, 15) is 0 Å². The summed E-state index contributed by atoms with van der Waals surface area (Å²) in [6, 6.07) is 20.4. The third-order valence-corrected chi connectivity index (χ3v) is 7.45. The molecule has 0 aromatic heterocycles. The molecule has 2 aliphatic heterocycles. The second-order valence-corrected chi connectivity index (χ2v) is 8.62. The maximum Gasteiger partial charge on any atom is 0.145 e. The van der Waals surface area contributed by atoms with Crippen molar-refractivity contribution >= 4 is 5.70 Å². The lowest BCUT2D eigenvalue weighted by Gasteiger charge is -2.56. The van der Waals surface area contributed by atoms with Gasteiger partial charge in [-0.15, -0.1) is 0 Å². The Balaban J connectivity index is 1.62. The van der Waals surface area contributed by atoms with Crippen LogP contribution >= 0.6 is 0 Å². The molecule has 0 N–H and O–H groups in total. The molecule has 1 saturated heterocycles. The van der Waals surface area contributed by atoms with Gasteiger partial charge in [0, 0.05) is 29.6 Å².